The number of nitrogens with one attached hydrogen (secondary N) is 1. The highest BCUT2D eigenvalue weighted by Gasteiger charge is 2.30. The molecule has 31 heavy (non-hydrogen) atoms. The Hall–Kier alpha value is -2.84. The van der Waals surface area contributed by atoms with Crippen molar-refractivity contribution in [3.63, 3.8) is 0 Å². The summed E-state index contributed by atoms with van der Waals surface area (Å²) in [5, 5.41) is 4.03. The van der Waals surface area contributed by atoms with E-state index < -0.39 is 0 Å². The maximum absolute atomic E-state index is 13.1. The Kier molecular flexibility index (Phi) is 6.89. The number of piperidine rings is 1. The number of benzene rings is 1. The third kappa shape index (κ3) is 4.75. The van der Waals surface area contributed by atoms with E-state index in [0.717, 1.165) is 39.8 Å². The van der Waals surface area contributed by atoms with Gasteiger partial charge >= 0.3 is 0 Å². The van der Waals surface area contributed by atoms with E-state index in [9.17, 15) is 9.59 Å². The van der Waals surface area contributed by atoms with Crippen LogP contribution in [0.25, 0.3) is 10.1 Å². The Bertz CT molecular complexity index is 1050. The van der Waals surface area contributed by atoms with E-state index in [1.54, 1.807) is 19.5 Å². The number of aromatic nitrogens is 2. The summed E-state index contributed by atoms with van der Waals surface area (Å²) in [5.41, 5.74) is 1.38. The van der Waals surface area contributed by atoms with Crippen molar-refractivity contribution in [3.05, 3.63) is 59.0 Å². The van der Waals surface area contributed by atoms with Crippen molar-refractivity contribution in [1.29, 1.82) is 0 Å². The number of amides is 2. The van der Waals surface area contributed by atoms with Gasteiger partial charge < -0.3 is 15.0 Å². The van der Waals surface area contributed by atoms with E-state index in [-0.39, 0.29) is 17.9 Å². The molecule has 1 aromatic carbocycles. The fourth-order valence-corrected chi connectivity index (χ4v) is 5.25. The normalized spacial score (nSPS) is 16.4. The monoisotopic (exact) mass is 438 g/mol. The smallest absolute Gasteiger partial charge is 0.274 e. The number of hydrogen-bond acceptors (Lipinski definition) is 6. The van der Waals surface area contributed by atoms with Crippen LogP contribution >= 0.6 is 11.3 Å². The number of fused-ring (bicyclic) bond motifs is 1. The highest BCUT2D eigenvalue weighted by molar-refractivity contribution is 7.21. The zero-order valence-corrected chi connectivity index (χ0v) is 18.4. The molecule has 1 N–H and O–H groups in total. The highest BCUT2D eigenvalue weighted by atomic mass is 32.1. The fourth-order valence-electron chi connectivity index (χ4n) is 4.10. The lowest BCUT2D eigenvalue weighted by atomic mass is 9.93. The minimum Gasteiger partial charge on any atom is -0.383 e. The fraction of sp³-hybridized carbons (Fsp3) is 0.391. The lowest BCUT2D eigenvalue weighted by Crippen LogP contribution is -2.45. The zero-order valence-electron chi connectivity index (χ0n) is 17.5. The Morgan fingerprint density at radius 1 is 1.26 bits per heavy atom. The lowest BCUT2D eigenvalue weighted by Gasteiger charge is -2.35. The predicted molar refractivity (Wildman–Crippen MR) is 120 cm³/mol. The summed E-state index contributed by atoms with van der Waals surface area (Å²) in [6.45, 7) is 1.62. The minimum absolute atomic E-state index is 0.0202. The zero-order chi connectivity index (χ0) is 21.6. The van der Waals surface area contributed by atoms with Crippen LogP contribution in [0.1, 0.15) is 45.0 Å². The van der Waals surface area contributed by atoms with E-state index in [4.69, 9.17) is 4.74 Å². The van der Waals surface area contributed by atoms with Gasteiger partial charge in [0, 0.05) is 43.3 Å². The van der Waals surface area contributed by atoms with E-state index in [1.807, 2.05) is 23.1 Å². The molecule has 1 aliphatic rings. The summed E-state index contributed by atoms with van der Waals surface area (Å²) in [6, 6.07) is 8.10. The maximum Gasteiger partial charge on any atom is 0.274 e. The van der Waals surface area contributed by atoms with Gasteiger partial charge in [0.25, 0.3) is 11.8 Å². The van der Waals surface area contributed by atoms with Crippen LogP contribution in [0.4, 0.5) is 0 Å². The molecule has 3 aromatic rings. The summed E-state index contributed by atoms with van der Waals surface area (Å²) in [5.74, 6) is -0.181. The van der Waals surface area contributed by atoms with Gasteiger partial charge in [-0.05, 0) is 42.7 Å². The molecule has 1 fully saturated rings. The number of thiophene rings is 1. The number of ether oxygens (including phenoxy) is 1. The first-order chi connectivity index (χ1) is 15.2. The molecule has 4 rings (SSSR count). The van der Waals surface area contributed by atoms with E-state index in [2.05, 4.69) is 21.4 Å². The number of methoxy groups -OCH3 is 1. The topological polar surface area (TPSA) is 84.4 Å². The van der Waals surface area contributed by atoms with Gasteiger partial charge in [0.2, 0.25) is 0 Å². The molecule has 8 heteroatoms. The van der Waals surface area contributed by atoms with Gasteiger partial charge in [-0.15, -0.1) is 11.3 Å². The Morgan fingerprint density at radius 3 is 2.94 bits per heavy atom. The number of carbonyl (C=O) groups excluding carboxylic acids is 2. The first-order valence-electron chi connectivity index (χ1n) is 10.5. The lowest BCUT2D eigenvalue weighted by molar-refractivity contribution is 0.0607. The molecule has 0 spiro atoms. The van der Waals surface area contributed by atoms with Crippen molar-refractivity contribution in [2.24, 2.45) is 0 Å². The van der Waals surface area contributed by atoms with Gasteiger partial charge in [0.05, 0.1) is 17.7 Å². The van der Waals surface area contributed by atoms with Crippen molar-refractivity contribution < 1.29 is 14.3 Å². The molecule has 162 valence electrons. The summed E-state index contributed by atoms with van der Waals surface area (Å²) in [6.07, 6.45) is 8.20. The van der Waals surface area contributed by atoms with Crippen LogP contribution in [0.15, 0.2) is 42.9 Å². The standard InChI is InChI=1S/C23H26N4O3S/c1-30-13-11-26-22(28)21-18(17-7-2-3-8-20(17)31-21)14-16-6-4-5-12-27(16)23(29)19-15-24-9-10-25-19/h2-3,7-10,15-16H,4-6,11-14H2,1H3,(H,26,28)/t16-/m0/s1. The third-order valence-electron chi connectivity index (χ3n) is 5.61. The summed E-state index contributed by atoms with van der Waals surface area (Å²) >= 11 is 1.51. The van der Waals surface area contributed by atoms with Crippen LogP contribution in [0.3, 0.4) is 0 Å². The summed E-state index contributed by atoms with van der Waals surface area (Å²) in [7, 11) is 1.61. The second-order valence-corrected chi connectivity index (χ2v) is 8.65. The maximum atomic E-state index is 13.1. The number of hydrogen-bond donors (Lipinski definition) is 1. The molecule has 0 bridgehead atoms. The van der Waals surface area contributed by atoms with Crippen molar-refractivity contribution in [1.82, 2.24) is 20.2 Å². The number of likely N-dealkylation sites (tertiary alicyclic amines) is 1. The summed E-state index contributed by atoms with van der Waals surface area (Å²) in [4.78, 5) is 36.9. The van der Waals surface area contributed by atoms with E-state index in [0.29, 0.717) is 31.8 Å². The van der Waals surface area contributed by atoms with Crippen molar-refractivity contribution in [3.8, 4) is 0 Å². The largest absolute Gasteiger partial charge is 0.383 e. The Balaban J connectivity index is 1.63. The SMILES string of the molecule is COCCNC(=O)c1sc2ccccc2c1C[C@@H]1CCCCN1C(=O)c1cnccn1. The van der Waals surface area contributed by atoms with Crippen LogP contribution < -0.4 is 5.32 Å². The van der Waals surface area contributed by atoms with Crippen LogP contribution in [0, 0.1) is 0 Å². The quantitative estimate of drug-likeness (QED) is 0.572. The van der Waals surface area contributed by atoms with Crippen LogP contribution in [-0.4, -0.2) is 59.5 Å². The molecule has 0 radical (unpaired) electrons. The average molecular weight is 439 g/mol. The number of nitrogens with zero attached hydrogens (tertiary/aromatic N) is 3. The van der Waals surface area contributed by atoms with Gasteiger partial charge in [-0.25, -0.2) is 4.98 Å². The number of rotatable bonds is 7. The second-order valence-electron chi connectivity index (χ2n) is 7.60. The van der Waals surface area contributed by atoms with Gasteiger partial charge in [-0.1, -0.05) is 18.2 Å². The molecule has 1 saturated heterocycles. The van der Waals surface area contributed by atoms with E-state index in [1.165, 1.54) is 17.5 Å². The Labute approximate surface area is 185 Å². The molecule has 1 aliphatic heterocycles. The Morgan fingerprint density at radius 2 is 2.13 bits per heavy atom. The van der Waals surface area contributed by atoms with Gasteiger partial charge in [-0.2, -0.15) is 0 Å². The molecular formula is C23H26N4O3S. The van der Waals surface area contributed by atoms with Crippen LogP contribution in [0.2, 0.25) is 0 Å². The van der Waals surface area contributed by atoms with E-state index >= 15 is 0 Å². The molecule has 0 aliphatic carbocycles. The van der Waals surface area contributed by atoms with Crippen molar-refractivity contribution in [2.45, 2.75) is 31.7 Å². The molecule has 2 aromatic heterocycles. The van der Waals surface area contributed by atoms with Crippen LogP contribution in [0.5, 0.6) is 0 Å². The molecular weight excluding hydrogens is 412 g/mol. The predicted octanol–water partition coefficient (Wildman–Crippen LogP) is 3.30. The van der Waals surface area contributed by atoms with Crippen molar-refractivity contribution >= 4 is 33.2 Å². The highest BCUT2D eigenvalue weighted by Crippen LogP contribution is 2.34. The van der Waals surface area contributed by atoms with Gasteiger partial charge in [0.1, 0.15) is 5.69 Å². The first kappa shape index (κ1) is 21.4. The molecule has 7 nitrogen and oxygen atoms in total. The van der Waals surface area contributed by atoms with Crippen LogP contribution in [-0.2, 0) is 11.2 Å². The van der Waals surface area contributed by atoms with Gasteiger partial charge in [0.15, 0.2) is 0 Å². The minimum atomic E-state index is -0.0940. The molecule has 0 saturated carbocycles. The first-order valence-corrected chi connectivity index (χ1v) is 11.3. The van der Waals surface area contributed by atoms with Gasteiger partial charge in [-0.3, -0.25) is 14.6 Å². The second kappa shape index (κ2) is 9.98. The molecule has 1 atom stereocenters. The molecule has 2 amide bonds. The van der Waals surface area contributed by atoms with Crippen molar-refractivity contribution in [2.75, 3.05) is 26.8 Å². The number of carbonyl (C=O) groups is 2. The molecule has 3 heterocycles. The average Bonchev–Trinajstić information content (AvgIpc) is 3.18. The summed E-state index contributed by atoms with van der Waals surface area (Å²) < 4.78 is 6.14. The third-order valence-corrected chi connectivity index (χ3v) is 6.82. The molecule has 0 unspecified atom stereocenters.